The van der Waals surface area contributed by atoms with Gasteiger partial charge in [-0.05, 0) is 44.9 Å². The number of aliphatic hydroxyl groups is 1. The summed E-state index contributed by atoms with van der Waals surface area (Å²) in [6.07, 6.45) is 34.1. The molecule has 0 aromatic carbocycles. The van der Waals surface area contributed by atoms with Crippen LogP contribution in [0.15, 0.2) is 24.3 Å². The summed E-state index contributed by atoms with van der Waals surface area (Å²) in [6.45, 7) is 4.74. The molecular formula is C40H78N2O7P+. The van der Waals surface area contributed by atoms with E-state index < -0.39 is 20.0 Å². The number of quaternary nitrogens is 1. The first-order valence-electron chi connectivity index (χ1n) is 20.3. The minimum atomic E-state index is -4.34. The Labute approximate surface area is 307 Å². The third-order valence-electron chi connectivity index (χ3n) is 9.34. The Hall–Kier alpha value is -1.06. The highest BCUT2D eigenvalue weighted by atomic mass is 31.2. The smallest absolute Gasteiger partial charge is 0.387 e. The van der Waals surface area contributed by atoms with E-state index in [4.69, 9.17) is 13.8 Å². The van der Waals surface area contributed by atoms with Crippen LogP contribution in [0.5, 0.6) is 0 Å². The van der Waals surface area contributed by atoms with Gasteiger partial charge in [0.15, 0.2) is 0 Å². The van der Waals surface area contributed by atoms with Crippen molar-refractivity contribution in [1.29, 1.82) is 0 Å². The van der Waals surface area contributed by atoms with Crippen molar-refractivity contribution in [2.75, 3.05) is 40.9 Å². The van der Waals surface area contributed by atoms with E-state index in [1.807, 2.05) is 27.2 Å². The molecule has 294 valence electrons. The summed E-state index contributed by atoms with van der Waals surface area (Å²) in [6, 6.07) is -0.853. The van der Waals surface area contributed by atoms with E-state index in [9.17, 15) is 19.4 Å². The van der Waals surface area contributed by atoms with Crippen LogP contribution >= 0.6 is 7.82 Å². The zero-order valence-electron chi connectivity index (χ0n) is 32.8. The number of amides is 1. The molecule has 1 fully saturated rings. The van der Waals surface area contributed by atoms with Crippen LogP contribution in [0, 0.1) is 0 Å². The largest absolute Gasteiger partial charge is 0.472 e. The maximum atomic E-state index is 12.8. The van der Waals surface area contributed by atoms with E-state index in [1.54, 1.807) is 6.08 Å². The van der Waals surface area contributed by atoms with Gasteiger partial charge in [-0.15, -0.1) is 0 Å². The third-order valence-corrected chi connectivity index (χ3v) is 10.3. The topological polar surface area (TPSA) is 118 Å². The summed E-state index contributed by atoms with van der Waals surface area (Å²) in [5, 5.41) is 13.8. The fourth-order valence-corrected chi connectivity index (χ4v) is 6.66. The van der Waals surface area contributed by atoms with Gasteiger partial charge in [0.2, 0.25) is 5.91 Å². The molecule has 1 heterocycles. The van der Waals surface area contributed by atoms with Crippen molar-refractivity contribution >= 4 is 13.7 Å². The van der Waals surface area contributed by atoms with Crippen LogP contribution in [0.4, 0.5) is 0 Å². The van der Waals surface area contributed by atoms with Crippen LogP contribution in [-0.2, 0) is 23.1 Å². The molecular weight excluding hydrogens is 651 g/mol. The molecule has 1 amide bonds. The van der Waals surface area contributed by atoms with Gasteiger partial charge in [-0.25, -0.2) is 4.57 Å². The van der Waals surface area contributed by atoms with Gasteiger partial charge < -0.3 is 24.5 Å². The number of unbranched alkanes of at least 4 members (excludes halogenated alkanes) is 17. The number of hydrogen-bond donors (Lipinski definition) is 3. The lowest BCUT2D eigenvalue weighted by atomic mass is 10.1. The number of rotatable bonds is 35. The number of likely N-dealkylation sites (N-methyl/N-ethyl adjacent to an activating group) is 1. The molecule has 1 rings (SSSR count). The van der Waals surface area contributed by atoms with Crippen molar-refractivity contribution in [1.82, 2.24) is 5.32 Å². The average Bonchev–Trinajstić information content (AvgIpc) is 3.81. The first-order chi connectivity index (χ1) is 24.0. The molecule has 0 saturated carbocycles. The van der Waals surface area contributed by atoms with Crippen molar-refractivity contribution < 1.29 is 37.6 Å². The second-order valence-corrected chi connectivity index (χ2v) is 16.9. The predicted octanol–water partition coefficient (Wildman–Crippen LogP) is 9.56. The van der Waals surface area contributed by atoms with E-state index in [0.29, 0.717) is 29.7 Å². The van der Waals surface area contributed by atoms with Crippen LogP contribution in [0.1, 0.15) is 162 Å². The molecule has 50 heavy (non-hydrogen) atoms. The molecule has 1 aliphatic heterocycles. The summed E-state index contributed by atoms with van der Waals surface area (Å²) in [7, 11) is 1.55. The maximum Gasteiger partial charge on any atom is 0.472 e. The Morgan fingerprint density at radius 1 is 0.780 bits per heavy atom. The summed E-state index contributed by atoms with van der Waals surface area (Å²) >= 11 is 0. The Balaban J connectivity index is 2.36. The molecule has 0 radical (unpaired) electrons. The van der Waals surface area contributed by atoms with Crippen LogP contribution in [0.2, 0.25) is 0 Å². The molecule has 0 aromatic heterocycles. The van der Waals surface area contributed by atoms with Crippen molar-refractivity contribution in [2.24, 2.45) is 0 Å². The summed E-state index contributed by atoms with van der Waals surface area (Å²) in [4.78, 5) is 23.0. The second kappa shape index (κ2) is 29.4. The molecule has 0 bridgehead atoms. The number of aliphatic hydroxyl groups excluding tert-OH is 1. The lowest BCUT2D eigenvalue weighted by Crippen LogP contribution is -2.45. The number of phosphoric acid groups is 1. The van der Waals surface area contributed by atoms with Crippen LogP contribution < -0.4 is 5.32 Å². The van der Waals surface area contributed by atoms with Gasteiger partial charge in [-0.2, -0.15) is 0 Å². The van der Waals surface area contributed by atoms with E-state index in [-0.39, 0.29) is 19.1 Å². The number of nitrogens with one attached hydrogen (secondary N) is 1. The van der Waals surface area contributed by atoms with Crippen molar-refractivity contribution in [3.05, 3.63) is 24.3 Å². The van der Waals surface area contributed by atoms with Gasteiger partial charge >= 0.3 is 7.82 Å². The standard InChI is InChI=1S/C40H77N2O7P/c1-6-8-10-11-12-13-14-15-16-19-22-26-29-37(43)36(35-48-50(45,46)47-34-33-42(3,4)5)41-40(44)32-28-24-21-18-17-20-23-27-31-39-38(49-39)30-25-9-7-2/h23,26-27,29,36-39,43H,6-22,24-25,28,30-35H2,1-5H3,(H-,41,44,45,46)/p+1/b27-23-,29-26+/t36-,37+,38?,39?/m0/s1. The Morgan fingerprint density at radius 2 is 1.34 bits per heavy atom. The van der Waals surface area contributed by atoms with Gasteiger partial charge in [0.05, 0.1) is 52.1 Å². The maximum absolute atomic E-state index is 12.8. The Bertz CT molecular complexity index is 939. The van der Waals surface area contributed by atoms with Gasteiger partial charge in [-0.1, -0.05) is 134 Å². The first kappa shape index (κ1) is 47.0. The third kappa shape index (κ3) is 28.5. The van der Waals surface area contributed by atoms with Gasteiger partial charge in [-0.3, -0.25) is 13.8 Å². The van der Waals surface area contributed by atoms with Crippen LogP contribution in [0.25, 0.3) is 0 Å². The monoisotopic (exact) mass is 730 g/mol. The van der Waals surface area contributed by atoms with Crippen molar-refractivity contribution in [3.8, 4) is 0 Å². The van der Waals surface area contributed by atoms with Crippen LogP contribution in [0.3, 0.4) is 0 Å². The van der Waals surface area contributed by atoms with Gasteiger partial charge in [0, 0.05) is 6.42 Å². The van der Waals surface area contributed by atoms with Crippen molar-refractivity contribution in [2.45, 2.75) is 186 Å². The van der Waals surface area contributed by atoms with E-state index in [1.165, 1.54) is 77.0 Å². The molecule has 0 spiro atoms. The molecule has 1 saturated heterocycles. The number of carbonyl (C=O) groups is 1. The Kier molecular flexibility index (Phi) is 27.6. The first-order valence-corrected chi connectivity index (χ1v) is 21.8. The molecule has 3 N–H and O–H groups in total. The molecule has 10 heteroatoms. The molecule has 1 aliphatic rings. The number of hydrogen-bond acceptors (Lipinski definition) is 6. The lowest BCUT2D eigenvalue weighted by Gasteiger charge is -2.25. The number of allylic oxidation sites excluding steroid dienone is 2. The summed E-state index contributed by atoms with van der Waals surface area (Å²) in [5.74, 6) is -0.197. The quantitative estimate of drug-likeness (QED) is 0.0196. The number of nitrogens with zero attached hydrogens (tertiary/aromatic N) is 1. The highest BCUT2D eigenvalue weighted by Crippen LogP contribution is 2.43. The van der Waals surface area contributed by atoms with Gasteiger partial charge in [0.1, 0.15) is 13.2 Å². The zero-order valence-corrected chi connectivity index (χ0v) is 33.7. The number of carbonyl (C=O) groups excluding carboxylic acids is 1. The fraction of sp³-hybridized carbons (Fsp3) is 0.875. The summed E-state index contributed by atoms with van der Waals surface area (Å²) < 4.78 is 29.2. The Morgan fingerprint density at radius 3 is 1.96 bits per heavy atom. The second-order valence-electron chi connectivity index (χ2n) is 15.4. The zero-order chi connectivity index (χ0) is 36.9. The number of phosphoric ester groups is 1. The normalized spacial score (nSPS) is 18.9. The number of ether oxygens (including phenoxy) is 1. The fourth-order valence-electron chi connectivity index (χ4n) is 5.93. The van der Waals surface area contributed by atoms with E-state index in [0.717, 1.165) is 64.2 Å². The predicted molar refractivity (Wildman–Crippen MR) is 207 cm³/mol. The molecule has 9 nitrogen and oxygen atoms in total. The minimum Gasteiger partial charge on any atom is -0.387 e. The average molecular weight is 730 g/mol. The summed E-state index contributed by atoms with van der Waals surface area (Å²) in [5.41, 5.74) is 0. The molecule has 3 unspecified atom stereocenters. The van der Waals surface area contributed by atoms with E-state index >= 15 is 0 Å². The molecule has 0 aliphatic carbocycles. The minimum absolute atomic E-state index is 0.0565. The van der Waals surface area contributed by atoms with Crippen molar-refractivity contribution in [3.63, 3.8) is 0 Å². The lowest BCUT2D eigenvalue weighted by molar-refractivity contribution is -0.870. The van der Waals surface area contributed by atoms with Gasteiger partial charge in [0.25, 0.3) is 0 Å². The SMILES string of the molecule is CCCCCCCCCCCC/C=C/[C@@H](O)[C@H](COP(=O)(O)OCC[N+](C)(C)C)NC(=O)CCCCCCC/C=C\CC1OC1CCCCC. The highest BCUT2D eigenvalue weighted by Gasteiger charge is 2.36. The number of epoxide rings is 1. The van der Waals surface area contributed by atoms with E-state index in [2.05, 4.69) is 31.3 Å². The molecule has 0 aromatic rings. The van der Waals surface area contributed by atoms with Crippen LogP contribution in [-0.4, -0.2) is 85.6 Å². The highest BCUT2D eigenvalue weighted by molar-refractivity contribution is 7.47. The molecule has 5 atom stereocenters.